The summed E-state index contributed by atoms with van der Waals surface area (Å²) >= 11 is 0. The average molecular weight is 84.9 g/mol. The summed E-state index contributed by atoms with van der Waals surface area (Å²) < 4.78 is 0. The molecule has 0 atom stereocenters. The van der Waals surface area contributed by atoms with Crippen LogP contribution in [0.1, 0.15) is 6.92 Å². The summed E-state index contributed by atoms with van der Waals surface area (Å²) in [6.07, 6.45) is 0. The van der Waals surface area contributed by atoms with Gasteiger partial charge in [-0.1, -0.05) is 0 Å². The molecule has 0 aliphatic rings. The highest BCUT2D eigenvalue weighted by atomic mass is 16.2. The minimum Gasteiger partial charge on any atom is -0.397 e. The topological polar surface area (TPSA) is 44.0 Å². The summed E-state index contributed by atoms with van der Waals surface area (Å²) in [7, 11) is 1.43. The van der Waals surface area contributed by atoms with Crippen LogP contribution < -0.4 is 0 Å². The number of aliphatic hydroxyl groups is 1. The van der Waals surface area contributed by atoms with Crippen molar-refractivity contribution in [3.8, 4) is 5.97 Å². The molecule has 0 heterocycles. The van der Waals surface area contributed by atoms with Gasteiger partial charge in [0.15, 0.2) is 0 Å². The molecule has 1 N–H and O–H groups in total. The number of nitriles is 1. The van der Waals surface area contributed by atoms with E-state index in [4.69, 9.17) is 10.4 Å². The van der Waals surface area contributed by atoms with E-state index in [1.807, 2.05) is 0 Å². The first-order valence-electron chi connectivity index (χ1n) is 1.75. The van der Waals surface area contributed by atoms with Crippen LogP contribution in [-0.4, -0.2) is 19.6 Å². The fraction of sp³-hybridized carbons (Fsp3) is 0.667. The summed E-state index contributed by atoms with van der Waals surface area (Å²) in [4.78, 5) is 0. The number of rotatable bonds is 0. The molecule has 0 radical (unpaired) electrons. The van der Waals surface area contributed by atoms with Gasteiger partial charge in [-0.2, -0.15) is 0 Å². The highest BCUT2D eigenvalue weighted by Gasteiger charge is 1.34. The molecule has 0 spiro atoms. The molecular formula is C3H8BNO. The van der Waals surface area contributed by atoms with Crippen LogP contribution in [0.4, 0.5) is 0 Å². The van der Waals surface area contributed by atoms with E-state index in [-0.39, 0.29) is 6.61 Å². The van der Waals surface area contributed by atoms with Crippen LogP contribution in [0.3, 0.4) is 0 Å². The zero-order valence-electron chi connectivity index (χ0n) is 4.10. The molecule has 0 aromatic heterocycles. The van der Waals surface area contributed by atoms with Gasteiger partial charge in [-0.05, 0) is 12.9 Å². The normalized spacial score (nSPS) is 4.17. The Balaban J connectivity index is 0. The van der Waals surface area contributed by atoms with Crippen molar-refractivity contribution in [2.24, 2.45) is 0 Å². The zero-order valence-corrected chi connectivity index (χ0v) is 4.10. The van der Waals surface area contributed by atoms with Gasteiger partial charge in [0.1, 0.15) is 0 Å². The molecule has 0 aromatic rings. The van der Waals surface area contributed by atoms with E-state index in [2.05, 4.69) is 0 Å². The Bertz CT molecular complexity index is 40.5. The van der Waals surface area contributed by atoms with E-state index in [0.717, 1.165) is 0 Å². The molecule has 0 aliphatic heterocycles. The predicted octanol–water partition coefficient (Wildman–Crippen LogP) is -0.901. The maximum absolute atomic E-state index is 7.57. The largest absolute Gasteiger partial charge is 0.397 e. The first kappa shape index (κ1) is 9.10. The standard InChI is InChI=1S/C2H6O.CH2BN/c1-2-3;2-1-3/h3H,2H2,1H3;2H2. The first-order chi connectivity index (χ1) is 2.83. The Morgan fingerprint density at radius 1 is 2.00 bits per heavy atom. The second-order valence-electron chi connectivity index (χ2n) is 0.540. The van der Waals surface area contributed by atoms with E-state index >= 15 is 0 Å². The lowest BCUT2D eigenvalue weighted by Gasteiger charge is -1.52. The van der Waals surface area contributed by atoms with Gasteiger partial charge >= 0.3 is 0 Å². The van der Waals surface area contributed by atoms with Crippen molar-refractivity contribution in [1.82, 2.24) is 0 Å². The van der Waals surface area contributed by atoms with Crippen LogP contribution in [0.2, 0.25) is 0 Å². The van der Waals surface area contributed by atoms with Crippen molar-refractivity contribution in [2.45, 2.75) is 6.92 Å². The molecule has 3 heteroatoms. The van der Waals surface area contributed by atoms with Gasteiger partial charge in [0.05, 0.1) is 0 Å². The molecule has 0 amide bonds. The van der Waals surface area contributed by atoms with Gasteiger partial charge < -0.3 is 5.11 Å². The van der Waals surface area contributed by atoms with Crippen LogP contribution in [0.5, 0.6) is 0 Å². The van der Waals surface area contributed by atoms with E-state index in [0.29, 0.717) is 0 Å². The third kappa shape index (κ3) is 94.5. The van der Waals surface area contributed by atoms with E-state index in [9.17, 15) is 0 Å². The highest BCUT2D eigenvalue weighted by Crippen LogP contribution is 1.30. The SMILES string of the molecule is BC#N.CCO. The van der Waals surface area contributed by atoms with Gasteiger partial charge in [0, 0.05) is 6.61 Å². The number of aliphatic hydroxyl groups excluding tert-OH is 1. The van der Waals surface area contributed by atoms with Crippen molar-refractivity contribution in [3.63, 3.8) is 0 Å². The Morgan fingerprint density at radius 2 is 2.00 bits per heavy atom. The second-order valence-corrected chi connectivity index (χ2v) is 0.540. The maximum Gasteiger partial charge on any atom is 0.232 e. The fourth-order valence-corrected chi connectivity index (χ4v) is 0. The quantitative estimate of drug-likeness (QED) is 0.387. The number of nitrogens with zero attached hydrogens (tertiary/aromatic N) is 1. The number of hydrogen-bond acceptors (Lipinski definition) is 2. The van der Waals surface area contributed by atoms with E-state index in [1.165, 1.54) is 7.85 Å². The molecule has 0 fully saturated rings. The van der Waals surface area contributed by atoms with Crippen LogP contribution in [-0.2, 0) is 0 Å². The van der Waals surface area contributed by atoms with Gasteiger partial charge in [-0.15, -0.1) is 0 Å². The summed E-state index contributed by atoms with van der Waals surface area (Å²) in [6.45, 7) is 1.93. The Hall–Kier alpha value is -0.485. The van der Waals surface area contributed by atoms with Gasteiger partial charge in [0.2, 0.25) is 7.85 Å². The molecule has 0 saturated heterocycles. The molecule has 2 nitrogen and oxygen atoms in total. The summed E-state index contributed by atoms with van der Waals surface area (Å²) in [5.41, 5.74) is 0. The molecule has 0 unspecified atom stereocenters. The Kier molecular flexibility index (Phi) is 36.9. The first-order valence-corrected chi connectivity index (χ1v) is 1.75. The minimum absolute atomic E-state index is 0.250. The lowest BCUT2D eigenvalue weighted by Crippen LogP contribution is -1.57. The number of hydrogen-bond donors (Lipinski definition) is 1. The second kappa shape index (κ2) is 24.3. The molecule has 0 rings (SSSR count). The Labute approximate surface area is 38.8 Å². The minimum atomic E-state index is 0.250. The van der Waals surface area contributed by atoms with E-state index < -0.39 is 0 Å². The molecule has 0 aromatic carbocycles. The third-order valence-electron chi connectivity index (χ3n) is 0. The van der Waals surface area contributed by atoms with Gasteiger partial charge in [-0.25, -0.2) is 5.26 Å². The van der Waals surface area contributed by atoms with Crippen molar-refractivity contribution in [2.75, 3.05) is 6.61 Å². The van der Waals surface area contributed by atoms with Gasteiger partial charge in [-0.3, -0.25) is 0 Å². The third-order valence-corrected chi connectivity index (χ3v) is 0. The molecule has 6 heavy (non-hydrogen) atoms. The summed E-state index contributed by atoms with van der Waals surface area (Å²) in [5.74, 6) is 1.75. The fourth-order valence-electron chi connectivity index (χ4n) is 0. The lowest BCUT2D eigenvalue weighted by molar-refractivity contribution is 0.318. The molecule has 0 aliphatic carbocycles. The van der Waals surface area contributed by atoms with Crippen LogP contribution >= 0.6 is 0 Å². The highest BCUT2D eigenvalue weighted by molar-refractivity contribution is 6.20. The average Bonchev–Trinajstić information content (AvgIpc) is 1.39. The summed E-state index contributed by atoms with van der Waals surface area (Å²) in [5, 5.41) is 14.9. The zero-order chi connectivity index (χ0) is 5.41. The molecule has 0 saturated carbocycles. The molecule has 0 bridgehead atoms. The van der Waals surface area contributed by atoms with Gasteiger partial charge in [0.25, 0.3) is 0 Å². The van der Waals surface area contributed by atoms with Crippen LogP contribution in [0.25, 0.3) is 0 Å². The van der Waals surface area contributed by atoms with Crippen molar-refractivity contribution < 1.29 is 5.11 Å². The lowest BCUT2D eigenvalue weighted by atomic mass is 10.2. The molecule has 34 valence electrons. The van der Waals surface area contributed by atoms with Crippen molar-refractivity contribution in [3.05, 3.63) is 0 Å². The van der Waals surface area contributed by atoms with E-state index in [1.54, 1.807) is 12.9 Å². The van der Waals surface area contributed by atoms with Crippen molar-refractivity contribution >= 4 is 7.85 Å². The summed E-state index contributed by atoms with van der Waals surface area (Å²) in [6, 6.07) is 0. The Morgan fingerprint density at radius 3 is 2.00 bits per heavy atom. The monoisotopic (exact) mass is 85.1 g/mol. The molecular weight excluding hydrogens is 76.9 g/mol. The van der Waals surface area contributed by atoms with Crippen molar-refractivity contribution in [1.29, 1.82) is 5.26 Å². The van der Waals surface area contributed by atoms with Crippen LogP contribution in [0, 0.1) is 11.2 Å². The smallest absolute Gasteiger partial charge is 0.232 e. The van der Waals surface area contributed by atoms with Crippen LogP contribution in [0.15, 0.2) is 0 Å². The maximum atomic E-state index is 7.57. The predicted molar refractivity (Wildman–Crippen MR) is 26.9 cm³/mol.